The van der Waals surface area contributed by atoms with E-state index in [2.05, 4.69) is 34.9 Å². The summed E-state index contributed by atoms with van der Waals surface area (Å²) in [5, 5.41) is 0. The number of fused-ring (bicyclic) bond motifs is 1. The second kappa shape index (κ2) is 6.20. The first-order chi connectivity index (χ1) is 12.2. The zero-order valence-electron chi connectivity index (χ0n) is 17.4. The van der Waals surface area contributed by atoms with E-state index < -0.39 is 0 Å². The maximum Gasteiger partial charge on any atom is 0.315 e. The summed E-state index contributed by atoms with van der Waals surface area (Å²) >= 11 is 0. The summed E-state index contributed by atoms with van der Waals surface area (Å²) in [5.41, 5.74) is -0.359. The Labute approximate surface area is 159 Å². The van der Waals surface area contributed by atoms with Gasteiger partial charge in [-0.05, 0) is 51.4 Å². The maximum absolute atomic E-state index is 13.1. The number of nitrogens with zero attached hydrogens (tertiary/aromatic N) is 1. The fraction of sp³-hybridized carbons (Fsp3) is 0.955. The number of ether oxygens (including phenoxy) is 2. The summed E-state index contributed by atoms with van der Waals surface area (Å²) in [6.45, 7) is 8.90. The Morgan fingerprint density at radius 2 is 1.92 bits per heavy atom. The van der Waals surface area contributed by atoms with Crippen LogP contribution in [0.3, 0.4) is 0 Å². The van der Waals surface area contributed by atoms with E-state index in [4.69, 9.17) is 9.47 Å². The molecule has 4 rings (SSSR count). The number of carbonyl (C=O) groups is 1. The van der Waals surface area contributed by atoms with Crippen LogP contribution in [0.25, 0.3) is 0 Å². The summed E-state index contributed by atoms with van der Waals surface area (Å²) in [4.78, 5) is 13.1. The third kappa shape index (κ3) is 2.74. The van der Waals surface area contributed by atoms with E-state index in [1.165, 1.54) is 25.7 Å². The van der Waals surface area contributed by atoms with Gasteiger partial charge in [0.2, 0.25) is 0 Å². The molecule has 0 amide bonds. The first kappa shape index (κ1) is 18.7. The normalized spacial score (nSPS) is 47.0. The van der Waals surface area contributed by atoms with E-state index in [9.17, 15) is 4.79 Å². The number of unbranched alkanes of at least 4 members (excludes halogenated alkanes) is 2. The van der Waals surface area contributed by atoms with Gasteiger partial charge in [0.05, 0.1) is 32.8 Å². The highest BCUT2D eigenvalue weighted by atomic mass is 16.7. The molecule has 1 spiro atoms. The Kier molecular flexibility index (Phi) is 4.47. The summed E-state index contributed by atoms with van der Waals surface area (Å²) in [6.07, 6.45) is 8.54. The van der Waals surface area contributed by atoms with Crippen molar-refractivity contribution >= 4 is 5.97 Å². The summed E-state index contributed by atoms with van der Waals surface area (Å²) in [6, 6.07) is 0. The van der Waals surface area contributed by atoms with Crippen LogP contribution in [0.1, 0.15) is 65.7 Å². The molecule has 0 aromatic heterocycles. The lowest BCUT2D eigenvalue weighted by molar-refractivity contribution is -0.893. The highest BCUT2D eigenvalue weighted by Crippen LogP contribution is 2.66. The van der Waals surface area contributed by atoms with Crippen LogP contribution in [0.15, 0.2) is 0 Å². The molecule has 0 unspecified atom stereocenters. The highest BCUT2D eigenvalue weighted by molar-refractivity contribution is 5.77. The number of hydrogen-bond acceptors (Lipinski definition) is 3. The minimum Gasteiger partial charge on any atom is -0.455 e. The molecule has 26 heavy (non-hydrogen) atoms. The molecule has 2 saturated carbocycles. The fourth-order valence-electron chi connectivity index (χ4n) is 6.67. The monoisotopic (exact) mass is 364 g/mol. The maximum atomic E-state index is 13.1. The van der Waals surface area contributed by atoms with Crippen molar-refractivity contribution in [2.45, 2.75) is 83.0 Å². The predicted molar refractivity (Wildman–Crippen MR) is 102 cm³/mol. The van der Waals surface area contributed by atoms with Crippen molar-refractivity contribution in [2.24, 2.45) is 23.7 Å². The lowest BCUT2D eigenvalue weighted by atomic mass is 9.55. The molecule has 2 saturated heterocycles. The first-order valence-corrected chi connectivity index (χ1v) is 11.0. The van der Waals surface area contributed by atoms with Crippen molar-refractivity contribution in [1.82, 2.24) is 0 Å². The van der Waals surface area contributed by atoms with Gasteiger partial charge in [-0.3, -0.25) is 4.79 Å². The summed E-state index contributed by atoms with van der Waals surface area (Å²) < 4.78 is 13.5. The van der Waals surface area contributed by atoms with E-state index >= 15 is 0 Å². The molecule has 2 aliphatic heterocycles. The van der Waals surface area contributed by atoms with Crippen LogP contribution in [0.5, 0.6) is 0 Å². The smallest absolute Gasteiger partial charge is 0.315 e. The van der Waals surface area contributed by atoms with Crippen LogP contribution >= 0.6 is 0 Å². The number of carbonyl (C=O) groups excluding carboxylic acids is 1. The van der Waals surface area contributed by atoms with Gasteiger partial charge in [0.1, 0.15) is 17.6 Å². The van der Waals surface area contributed by atoms with Crippen molar-refractivity contribution in [3.05, 3.63) is 0 Å². The van der Waals surface area contributed by atoms with Gasteiger partial charge in [-0.25, -0.2) is 0 Å². The molecular formula is C22H38NO3+. The van der Waals surface area contributed by atoms with Crippen molar-refractivity contribution in [2.75, 3.05) is 27.2 Å². The lowest BCUT2D eigenvalue weighted by Crippen LogP contribution is -2.59. The predicted octanol–water partition coefficient (Wildman–Crippen LogP) is 3.78. The third-order valence-electron chi connectivity index (χ3n) is 8.15. The van der Waals surface area contributed by atoms with Gasteiger partial charge >= 0.3 is 5.97 Å². The van der Waals surface area contributed by atoms with Crippen LogP contribution in [0.4, 0.5) is 0 Å². The zero-order valence-corrected chi connectivity index (χ0v) is 17.4. The molecule has 4 nitrogen and oxygen atoms in total. The number of esters is 1. The molecule has 2 heterocycles. The molecule has 148 valence electrons. The average Bonchev–Trinajstić information content (AvgIpc) is 3.19. The Hall–Kier alpha value is -0.610. The lowest BCUT2D eigenvalue weighted by Gasteiger charge is -2.50. The number of rotatable bonds is 6. The zero-order chi connectivity index (χ0) is 18.7. The van der Waals surface area contributed by atoms with E-state index in [0.29, 0.717) is 17.8 Å². The standard InChI is InChI=1S/C22H38NO3/c1-6-7-8-13-23(4,5)14-16-18-10-9-15(2)17-11-12-21(3)20(26-21)22(17,18)25-19(16)24/h15-18,20H,6-14H2,1-5H3/q+1/t15-,16+,17-,18+,20-,21-,22-/m1/s1. The molecule has 0 aromatic rings. The second-order valence-corrected chi connectivity index (χ2v) is 10.5. The van der Waals surface area contributed by atoms with E-state index in [0.717, 1.165) is 36.8 Å². The van der Waals surface area contributed by atoms with Crippen molar-refractivity contribution < 1.29 is 18.8 Å². The van der Waals surface area contributed by atoms with Gasteiger partial charge in [0.15, 0.2) is 0 Å². The minimum atomic E-state index is -0.324. The SMILES string of the molecule is CCCCC[N+](C)(C)C[C@@H]1C(=O)O[C@@]23[C@H](CC[C@@]4(C)O[C@@H]24)[C@H](C)CC[C@@H]13. The molecular weight excluding hydrogens is 326 g/mol. The molecule has 0 N–H and O–H groups in total. The Morgan fingerprint density at radius 1 is 1.15 bits per heavy atom. The molecule has 2 aliphatic carbocycles. The van der Waals surface area contributed by atoms with Gasteiger partial charge in [-0.15, -0.1) is 0 Å². The molecule has 0 radical (unpaired) electrons. The largest absolute Gasteiger partial charge is 0.455 e. The van der Waals surface area contributed by atoms with Crippen LogP contribution in [0, 0.1) is 23.7 Å². The van der Waals surface area contributed by atoms with Gasteiger partial charge in [-0.1, -0.05) is 20.3 Å². The topological polar surface area (TPSA) is 38.8 Å². The van der Waals surface area contributed by atoms with Gasteiger partial charge in [0, 0.05) is 11.8 Å². The Morgan fingerprint density at radius 3 is 2.65 bits per heavy atom. The average molecular weight is 365 g/mol. The molecule has 0 aromatic carbocycles. The quantitative estimate of drug-likeness (QED) is 0.312. The first-order valence-electron chi connectivity index (χ1n) is 11.0. The number of quaternary nitrogens is 1. The molecule has 0 bridgehead atoms. The third-order valence-corrected chi connectivity index (χ3v) is 8.15. The van der Waals surface area contributed by atoms with Gasteiger partial charge in [-0.2, -0.15) is 0 Å². The number of hydrogen-bond donors (Lipinski definition) is 0. The minimum absolute atomic E-state index is 0.0352. The molecule has 7 atom stereocenters. The molecule has 4 heteroatoms. The van der Waals surface area contributed by atoms with Crippen molar-refractivity contribution in [3.63, 3.8) is 0 Å². The summed E-state index contributed by atoms with van der Waals surface area (Å²) in [7, 11) is 4.57. The Balaban J connectivity index is 1.57. The second-order valence-electron chi connectivity index (χ2n) is 10.5. The van der Waals surface area contributed by atoms with Crippen LogP contribution in [-0.2, 0) is 14.3 Å². The van der Waals surface area contributed by atoms with Gasteiger partial charge in [0.25, 0.3) is 0 Å². The van der Waals surface area contributed by atoms with E-state index in [-0.39, 0.29) is 29.2 Å². The van der Waals surface area contributed by atoms with Crippen molar-refractivity contribution in [1.29, 1.82) is 0 Å². The van der Waals surface area contributed by atoms with E-state index in [1.54, 1.807) is 0 Å². The summed E-state index contributed by atoms with van der Waals surface area (Å²) in [5.74, 6) is 1.60. The van der Waals surface area contributed by atoms with Crippen LogP contribution in [-0.4, -0.2) is 54.9 Å². The van der Waals surface area contributed by atoms with Crippen LogP contribution < -0.4 is 0 Å². The van der Waals surface area contributed by atoms with Crippen LogP contribution in [0.2, 0.25) is 0 Å². The van der Waals surface area contributed by atoms with E-state index in [1.807, 2.05) is 0 Å². The molecule has 4 aliphatic rings. The Bertz CT molecular complexity index is 576. The highest BCUT2D eigenvalue weighted by Gasteiger charge is 2.77. The van der Waals surface area contributed by atoms with Gasteiger partial charge < -0.3 is 14.0 Å². The fourth-order valence-corrected chi connectivity index (χ4v) is 6.67. The number of epoxide rings is 1. The van der Waals surface area contributed by atoms with Crippen molar-refractivity contribution in [3.8, 4) is 0 Å². The molecule has 4 fully saturated rings.